The van der Waals surface area contributed by atoms with Gasteiger partial charge in [-0.3, -0.25) is 4.98 Å². The normalized spacial score (nSPS) is 13.9. The summed E-state index contributed by atoms with van der Waals surface area (Å²) in [6.45, 7) is 4.73. The Morgan fingerprint density at radius 1 is 0.703 bits per heavy atom. The van der Waals surface area contributed by atoms with Gasteiger partial charge in [0.25, 0.3) is 0 Å². The largest absolute Gasteiger partial charge is 0.462 e. The lowest BCUT2D eigenvalue weighted by molar-refractivity contribution is 0.0470. The highest BCUT2D eigenvalue weighted by Crippen LogP contribution is 2.35. The van der Waals surface area contributed by atoms with Crippen molar-refractivity contribution in [1.29, 1.82) is 0 Å². The lowest BCUT2D eigenvalue weighted by atomic mass is 9.92. The Bertz CT molecular complexity index is 1490. The van der Waals surface area contributed by atoms with Crippen molar-refractivity contribution in [3.63, 3.8) is 0 Å². The topological polar surface area (TPSA) is 78.4 Å². The van der Waals surface area contributed by atoms with Crippen molar-refractivity contribution in [3.05, 3.63) is 106 Å². The molecule has 186 valence electrons. The van der Waals surface area contributed by atoms with Crippen LogP contribution in [0.2, 0.25) is 5.15 Å². The molecule has 4 heterocycles. The van der Waals surface area contributed by atoms with Crippen LogP contribution in [-0.4, -0.2) is 35.1 Å². The number of rotatable bonds is 2. The summed E-state index contributed by atoms with van der Waals surface area (Å²) in [5, 5.41) is 0.233. The van der Waals surface area contributed by atoms with Gasteiger partial charge in [0.2, 0.25) is 0 Å². The number of ether oxygens (including phenoxy) is 2. The Labute approximate surface area is 220 Å². The maximum absolute atomic E-state index is 11.9. The van der Waals surface area contributed by atoms with Crippen molar-refractivity contribution in [2.24, 2.45) is 0 Å². The Morgan fingerprint density at radius 3 is 1.86 bits per heavy atom. The number of hydrogen-bond acceptors (Lipinski definition) is 6. The molecule has 6 rings (SSSR count). The number of aryl methyl sites for hydroxylation is 2. The summed E-state index contributed by atoms with van der Waals surface area (Å²) >= 11 is 6.09. The minimum Gasteiger partial charge on any atom is -0.462 e. The number of carbonyl (C=O) groups excluding carboxylic acids is 2. The van der Waals surface area contributed by atoms with Crippen LogP contribution in [0.3, 0.4) is 0 Å². The van der Waals surface area contributed by atoms with Crippen molar-refractivity contribution < 1.29 is 19.1 Å². The van der Waals surface area contributed by atoms with Crippen LogP contribution in [-0.2, 0) is 22.3 Å². The summed E-state index contributed by atoms with van der Waals surface area (Å²) in [7, 11) is 0. The maximum Gasteiger partial charge on any atom is 0.341 e. The number of esters is 2. The Hall–Kier alpha value is -4.03. The first-order valence-corrected chi connectivity index (χ1v) is 12.5. The molecular formula is C30H25ClN2O4. The van der Waals surface area contributed by atoms with Gasteiger partial charge in [0.15, 0.2) is 0 Å². The summed E-state index contributed by atoms with van der Waals surface area (Å²) in [6, 6.07) is 20.0. The van der Waals surface area contributed by atoms with Crippen molar-refractivity contribution in [2.75, 3.05) is 13.2 Å². The van der Waals surface area contributed by atoms with E-state index in [9.17, 15) is 9.59 Å². The van der Waals surface area contributed by atoms with Gasteiger partial charge in [-0.25, -0.2) is 14.6 Å². The molecule has 6 nitrogen and oxygen atoms in total. The van der Waals surface area contributed by atoms with E-state index < -0.39 is 0 Å². The smallest absolute Gasteiger partial charge is 0.341 e. The zero-order valence-electron chi connectivity index (χ0n) is 20.6. The molecule has 0 bridgehead atoms. The van der Waals surface area contributed by atoms with Crippen molar-refractivity contribution in [2.45, 2.75) is 26.7 Å². The lowest BCUT2D eigenvalue weighted by Crippen LogP contribution is -2.20. The minimum absolute atomic E-state index is 0.233. The fourth-order valence-electron chi connectivity index (χ4n) is 4.89. The Morgan fingerprint density at radius 2 is 1.24 bits per heavy atom. The Kier molecular flexibility index (Phi) is 7.01. The van der Waals surface area contributed by atoms with Gasteiger partial charge in [-0.05, 0) is 36.1 Å². The zero-order chi connectivity index (χ0) is 25.9. The van der Waals surface area contributed by atoms with Gasteiger partial charge >= 0.3 is 11.9 Å². The van der Waals surface area contributed by atoms with Crippen molar-refractivity contribution in [3.8, 4) is 22.3 Å². The molecule has 0 N–H and O–H groups in total. The second kappa shape index (κ2) is 10.5. The molecule has 2 aliphatic heterocycles. The van der Waals surface area contributed by atoms with Crippen LogP contribution in [0.4, 0.5) is 0 Å². The van der Waals surface area contributed by atoms with E-state index in [1.54, 1.807) is 6.20 Å². The predicted octanol–water partition coefficient (Wildman–Crippen LogP) is 6.19. The molecule has 37 heavy (non-hydrogen) atoms. The van der Waals surface area contributed by atoms with E-state index in [0.29, 0.717) is 30.8 Å². The van der Waals surface area contributed by atoms with Gasteiger partial charge in [-0.2, -0.15) is 0 Å². The quantitative estimate of drug-likeness (QED) is 0.235. The molecular weight excluding hydrogens is 488 g/mol. The second-order valence-electron chi connectivity index (χ2n) is 8.83. The molecule has 2 aromatic heterocycles. The molecule has 0 amide bonds. The summed E-state index contributed by atoms with van der Waals surface area (Å²) in [5.41, 5.74) is 9.04. The van der Waals surface area contributed by atoms with Crippen LogP contribution in [0.15, 0.2) is 66.9 Å². The molecule has 0 atom stereocenters. The number of pyridine rings is 2. The van der Waals surface area contributed by atoms with Crippen molar-refractivity contribution >= 4 is 23.5 Å². The van der Waals surface area contributed by atoms with E-state index in [2.05, 4.69) is 9.97 Å². The third-order valence-electron chi connectivity index (χ3n) is 6.53. The monoisotopic (exact) mass is 512 g/mol. The predicted molar refractivity (Wildman–Crippen MR) is 142 cm³/mol. The summed E-state index contributed by atoms with van der Waals surface area (Å²) in [4.78, 5) is 32.2. The number of nitrogens with zero attached hydrogens (tertiary/aromatic N) is 2. The number of hydrogen-bond donors (Lipinski definition) is 0. The number of carbonyl (C=O) groups is 2. The van der Waals surface area contributed by atoms with Crippen LogP contribution in [0.5, 0.6) is 0 Å². The molecule has 0 saturated heterocycles. The SMILES string of the molecule is Cc1nc(Cl)c2c(c1-c1ccccc1)CCOC2=O.Cc1ncc2c(c1-c1ccccc1)CCOC2=O. The molecule has 0 fully saturated rings. The van der Waals surface area contributed by atoms with E-state index in [1.807, 2.05) is 74.5 Å². The first-order valence-electron chi connectivity index (χ1n) is 12.1. The van der Waals surface area contributed by atoms with Crippen LogP contribution in [0.1, 0.15) is 43.2 Å². The molecule has 2 aromatic carbocycles. The van der Waals surface area contributed by atoms with Crippen LogP contribution < -0.4 is 0 Å². The number of halogens is 1. The summed E-state index contributed by atoms with van der Waals surface area (Å²) in [6.07, 6.45) is 3.06. The standard InChI is InChI=1S/C15H12ClNO2.C15H13NO2/c1-9-12(10-5-3-2-4-6-10)11-7-8-19-15(18)13(11)14(16)17-9;1-10-14(11-5-3-2-4-6-11)12-7-8-18-15(17)13(12)9-16-10/h2-6H,7-8H2,1H3;2-6,9H,7-8H2,1H3. The lowest BCUT2D eigenvalue weighted by Gasteiger charge is -2.21. The van der Waals surface area contributed by atoms with Crippen LogP contribution in [0, 0.1) is 13.8 Å². The zero-order valence-corrected chi connectivity index (χ0v) is 21.3. The van der Waals surface area contributed by atoms with Gasteiger partial charge in [0, 0.05) is 41.6 Å². The highest BCUT2D eigenvalue weighted by atomic mass is 35.5. The molecule has 0 radical (unpaired) electrons. The molecule has 4 aromatic rings. The highest BCUT2D eigenvalue weighted by molar-refractivity contribution is 6.32. The van der Waals surface area contributed by atoms with E-state index in [-0.39, 0.29) is 17.1 Å². The van der Waals surface area contributed by atoms with Crippen LogP contribution in [0.25, 0.3) is 22.3 Å². The first kappa shape index (κ1) is 24.7. The third kappa shape index (κ3) is 4.85. The van der Waals surface area contributed by atoms with Gasteiger partial charge in [0.1, 0.15) is 10.7 Å². The molecule has 7 heteroatoms. The molecule has 0 spiro atoms. The van der Waals surface area contributed by atoms with E-state index in [0.717, 1.165) is 51.2 Å². The number of cyclic esters (lactones) is 2. The average molecular weight is 513 g/mol. The number of benzene rings is 2. The number of aromatic nitrogens is 2. The molecule has 0 unspecified atom stereocenters. The van der Waals surface area contributed by atoms with E-state index in [1.165, 1.54) is 0 Å². The summed E-state index contributed by atoms with van der Waals surface area (Å²) in [5.74, 6) is -0.642. The maximum atomic E-state index is 11.9. The fourth-order valence-corrected chi connectivity index (χ4v) is 5.21. The van der Waals surface area contributed by atoms with Gasteiger partial charge < -0.3 is 9.47 Å². The molecule has 2 aliphatic rings. The van der Waals surface area contributed by atoms with E-state index >= 15 is 0 Å². The summed E-state index contributed by atoms with van der Waals surface area (Å²) < 4.78 is 10.1. The second-order valence-corrected chi connectivity index (χ2v) is 9.19. The number of fused-ring (bicyclic) bond motifs is 2. The third-order valence-corrected chi connectivity index (χ3v) is 6.81. The van der Waals surface area contributed by atoms with E-state index in [4.69, 9.17) is 21.1 Å². The van der Waals surface area contributed by atoms with Gasteiger partial charge in [0.05, 0.1) is 18.8 Å². The van der Waals surface area contributed by atoms with Crippen LogP contribution >= 0.6 is 11.6 Å². The first-order chi connectivity index (χ1) is 18.0. The minimum atomic E-state index is -0.379. The van der Waals surface area contributed by atoms with Gasteiger partial charge in [-0.15, -0.1) is 0 Å². The average Bonchev–Trinajstić information content (AvgIpc) is 2.90. The molecule has 0 aliphatic carbocycles. The highest BCUT2D eigenvalue weighted by Gasteiger charge is 2.27. The fraction of sp³-hybridized carbons (Fsp3) is 0.200. The van der Waals surface area contributed by atoms with Gasteiger partial charge in [-0.1, -0.05) is 72.3 Å². The molecule has 0 saturated carbocycles. The van der Waals surface area contributed by atoms with Crippen molar-refractivity contribution in [1.82, 2.24) is 9.97 Å². The Balaban J connectivity index is 0.000000152.